The van der Waals surface area contributed by atoms with Crippen molar-refractivity contribution in [2.24, 2.45) is 0 Å². The molecule has 0 aliphatic carbocycles. The van der Waals surface area contributed by atoms with E-state index in [2.05, 4.69) is 5.32 Å². The molecular formula is C19H22FNO2S. The third kappa shape index (κ3) is 6.62. The summed E-state index contributed by atoms with van der Waals surface area (Å²) in [6.07, 6.45) is 4.09. The molecule has 0 bridgehead atoms. The van der Waals surface area contributed by atoms with Gasteiger partial charge < -0.3 is 5.32 Å². The Bertz CT molecular complexity index is 638. The van der Waals surface area contributed by atoms with Crippen LogP contribution in [-0.2, 0) is 11.2 Å². The summed E-state index contributed by atoms with van der Waals surface area (Å²) >= 11 is 1.44. The maximum Gasteiger partial charge on any atom is 0.220 e. The van der Waals surface area contributed by atoms with Gasteiger partial charge in [0.05, 0.1) is 4.88 Å². The lowest BCUT2D eigenvalue weighted by atomic mass is 10.1. The fourth-order valence-electron chi connectivity index (χ4n) is 2.39. The molecule has 2 rings (SSSR count). The van der Waals surface area contributed by atoms with Crippen LogP contribution < -0.4 is 5.32 Å². The number of carbonyl (C=O) groups is 2. The summed E-state index contributed by atoms with van der Waals surface area (Å²) in [7, 11) is 0. The van der Waals surface area contributed by atoms with Crippen molar-refractivity contribution in [3.05, 3.63) is 58.0 Å². The number of hydrogen-bond donors (Lipinski definition) is 1. The monoisotopic (exact) mass is 347 g/mol. The minimum absolute atomic E-state index is 0.00392. The summed E-state index contributed by atoms with van der Waals surface area (Å²) in [5.74, 6) is -0.114. The van der Waals surface area contributed by atoms with Crippen molar-refractivity contribution in [1.29, 1.82) is 0 Å². The Hall–Kier alpha value is -2.01. The van der Waals surface area contributed by atoms with E-state index in [1.807, 2.05) is 17.5 Å². The van der Waals surface area contributed by atoms with Crippen LogP contribution in [0.1, 0.15) is 47.3 Å². The molecule has 0 aliphatic heterocycles. The molecule has 1 heterocycles. The van der Waals surface area contributed by atoms with Gasteiger partial charge in [0.25, 0.3) is 0 Å². The van der Waals surface area contributed by atoms with Crippen LogP contribution in [0.3, 0.4) is 0 Å². The Morgan fingerprint density at radius 3 is 2.50 bits per heavy atom. The average Bonchev–Trinajstić information content (AvgIpc) is 3.11. The van der Waals surface area contributed by atoms with Crippen molar-refractivity contribution in [2.75, 3.05) is 6.54 Å². The summed E-state index contributed by atoms with van der Waals surface area (Å²) in [6, 6.07) is 10.2. The van der Waals surface area contributed by atoms with Crippen molar-refractivity contribution in [2.45, 2.75) is 38.5 Å². The Labute approximate surface area is 145 Å². The van der Waals surface area contributed by atoms with E-state index in [0.717, 1.165) is 29.7 Å². The summed E-state index contributed by atoms with van der Waals surface area (Å²) in [5, 5.41) is 4.76. The van der Waals surface area contributed by atoms with E-state index in [0.29, 0.717) is 25.8 Å². The summed E-state index contributed by atoms with van der Waals surface area (Å²) in [4.78, 5) is 24.3. The second-order valence-corrected chi connectivity index (χ2v) is 6.64. The highest BCUT2D eigenvalue weighted by Crippen LogP contribution is 2.13. The van der Waals surface area contributed by atoms with E-state index in [1.54, 1.807) is 12.1 Å². The van der Waals surface area contributed by atoms with E-state index in [1.165, 1.54) is 23.5 Å². The van der Waals surface area contributed by atoms with Crippen LogP contribution in [0.5, 0.6) is 0 Å². The van der Waals surface area contributed by atoms with Gasteiger partial charge in [0, 0.05) is 19.4 Å². The number of rotatable bonds is 10. The third-order valence-electron chi connectivity index (χ3n) is 3.73. The molecule has 5 heteroatoms. The lowest BCUT2D eigenvalue weighted by Crippen LogP contribution is -2.24. The molecule has 2 aromatic rings. The van der Waals surface area contributed by atoms with Gasteiger partial charge in [0.1, 0.15) is 5.82 Å². The number of ketones is 1. The van der Waals surface area contributed by atoms with Crippen LogP contribution >= 0.6 is 11.3 Å². The predicted octanol–water partition coefficient (Wildman–Crippen LogP) is 4.38. The smallest absolute Gasteiger partial charge is 0.220 e. The highest BCUT2D eigenvalue weighted by atomic mass is 32.1. The second kappa shape index (κ2) is 9.98. The fraction of sp³-hybridized carbons (Fsp3) is 0.368. The van der Waals surface area contributed by atoms with Gasteiger partial charge in [-0.3, -0.25) is 9.59 Å². The maximum atomic E-state index is 12.8. The number of carbonyl (C=O) groups excluding carboxylic acids is 2. The van der Waals surface area contributed by atoms with Crippen LogP contribution in [0.15, 0.2) is 41.8 Å². The average molecular weight is 347 g/mol. The minimum atomic E-state index is -0.219. The molecule has 1 aromatic carbocycles. The normalized spacial score (nSPS) is 10.5. The standard InChI is InChI=1S/C19H22FNO2S/c20-16-11-9-15(10-12-16)5-1-2-13-21-19(23)8-3-6-17(22)18-7-4-14-24-18/h4,7,9-12,14H,1-3,5-6,8,13H2,(H,21,23). The van der Waals surface area contributed by atoms with Gasteiger partial charge in [0.2, 0.25) is 5.91 Å². The third-order valence-corrected chi connectivity index (χ3v) is 4.64. The van der Waals surface area contributed by atoms with E-state index in [9.17, 15) is 14.0 Å². The molecule has 0 saturated carbocycles. The lowest BCUT2D eigenvalue weighted by molar-refractivity contribution is -0.121. The molecule has 3 nitrogen and oxygen atoms in total. The van der Waals surface area contributed by atoms with E-state index >= 15 is 0 Å². The van der Waals surface area contributed by atoms with Crippen LogP contribution in [-0.4, -0.2) is 18.2 Å². The number of hydrogen-bond acceptors (Lipinski definition) is 3. The number of amides is 1. The quantitative estimate of drug-likeness (QED) is 0.512. The largest absolute Gasteiger partial charge is 0.356 e. The zero-order chi connectivity index (χ0) is 17.2. The first-order valence-corrected chi connectivity index (χ1v) is 9.11. The van der Waals surface area contributed by atoms with Gasteiger partial charge in [-0.15, -0.1) is 11.3 Å². The Morgan fingerprint density at radius 1 is 1.00 bits per heavy atom. The van der Waals surface area contributed by atoms with Crippen LogP contribution in [0.4, 0.5) is 4.39 Å². The summed E-state index contributed by atoms with van der Waals surface area (Å²) in [5.41, 5.74) is 1.11. The van der Waals surface area contributed by atoms with Gasteiger partial charge in [0.15, 0.2) is 5.78 Å². The van der Waals surface area contributed by atoms with Gasteiger partial charge in [-0.2, -0.15) is 0 Å². The van der Waals surface area contributed by atoms with Crippen molar-refractivity contribution in [1.82, 2.24) is 5.32 Å². The van der Waals surface area contributed by atoms with E-state index < -0.39 is 0 Å². The maximum absolute atomic E-state index is 12.8. The van der Waals surface area contributed by atoms with Crippen LogP contribution in [0, 0.1) is 5.82 Å². The number of aryl methyl sites for hydroxylation is 1. The molecule has 0 aliphatic rings. The predicted molar refractivity (Wildman–Crippen MR) is 94.8 cm³/mol. The number of thiophene rings is 1. The number of benzene rings is 1. The van der Waals surface area contributed by atoms with Crippen molar-refractivity contribution < 1.29 is 14.0 Å². The highest BCUT2D eigenvalue weighted by Gasteiger charge is 2.08. The molecule has 24 heavy (non-hydrogen) atoms. The first-order valence-electron chi connectivity index (χ1n) is 8.23. The van der Waals surface area contributed by atoms with E-state index in [4.69, 9.17) is 0 Å². The SMILES string of the molecule is O=C(CCCC(=O)c1cccs1)NCCCCc1ccc(F)cc1. The number of unbranched alkanes of at least 4 members (excludes halogenated alkanes) is 1. The van der Waals surface area contributed by atoms with Gasteiger partial charge in [-0.25, -0.2) is 4.39 Å². The Balaban J connectivity index is 1.50. The Kier molecular flexibility index (Phi) is 7.62. The van der Waals surface area contributed by atoms with Gasteiger partial charge >= 0.3 is 0 Å². The molecule has 0 saturated heterocycles. The second-order valence-electron chi connectivity index (χ2n) is 5.69. The van der Waals surface area contributed by atoms with Crippen LogP contribution in [0.2, 0.25) is 0 Å². The topological polar surface area (TPSA) is 46.2 Å². The molecule has 128 valence electrons. The molecule has 0 fully saturated rings. The van der Waals surface area contributed by atoms with E-state index in [-0.39, 0.29) is 17.5 Å². The van der Waals surface area contributed by atoms with Crippen molar-refractivity contribution in [3.8, 4) is 0 Å². The minimum Gasteiger partial charge on any atom is -0.356 e. The Morgan fingerprint density at radius 2 is 1.79 bits per heavy atom. The summed E-state index contributed by atoms with van der Waals surface area (Å²) in [6.45, 7) is 0.638. The van der Waals surface area contributed by atoms with Gasteiger partial charge in [-0.1, -0.05) is 18.2 Å². The molecule has 1 amide bonds. The van der Waals surface area contributed by atoms with Crippen LogP contribution in [0.25, 0.3) is 0 Å². The number of nitrogens with one attached hydrogen (secondary N) is 1. The highest BCUT2D eigenvalue weighted by molar-refractivity contribution is 7.12. The zero-order valence-corrected chi connectivity index (χ0v) is 14.4. The van der Waals surface area contributed by atoms with Crippen molar-refractivity contribution >= 4 is 23.0 Å². The molecule has 1 aromatic heterocycles. The van der Waals surface area contributed by atoms with Gasteiger partial charge in [-0.05, 0) is 54.8 Å². The first-order chi connectivity index (χ1) is 11.6. The molecule has 1 N–H and O–H groups in total. The lowest BCUT2D eigenvalue weighted by Gasteiger charge is -2.05. The number of halogens is 1. The van der Waals surface area contributed by atoms with Crippen molar-refractivity contribution in [3.63, 3.8) is 0 Å². The molecular weight excluding hydrogens is 325 g/mol. The fourth-order valence-corrected chi connectivity index (χ4v) is 3.09. The molecule has 0 unspecified atom stereocenters. The zero-order valence-electron chi connectivity index (χ0n) is 13.6. The molecule has 0 radical (unpaired) electrons. The first kappa shape index (κ1) is 18.3. The molecule has 0 atom stereocenters. The number of Topliss-reactive ketones (excluding diaryl/α,β-unsaturated/α-hetero) is 1. The molecule has 0 spiro atoms. The summed E-state index contributed by atoms with van der Waals surface area (Å²) < 4.78 is 12.8.